The lowest BCUT2D eigenvalue weighted by molar-refractivity contribution is -0.122. The molecule has 9 heteroatoms. The van der Waals surface area contributed by atoms with Crippen molar-refractivity contribution in [1.29, 1.82) is 0 Å². The topological polar surface area (TPSA) is 87.0 Å². The molecule has 0 unspecified atom stereocenters. The summed E-state index contributed by atoms with van der Waals surface area (Å²) >= 11 is 0. The summed E-state index contributed by atoms with van der Waals surface area (Å²) < 4.78 is 7.11. The van der Waals surface area contributed by atoms with Crippen LogP contribution in [0.1, 0.15) is 18.3 Å². The number of hydrogen-bond donors (Lipinski definition) is 2. The van der Waals surface area contributed by atoms with E-state index in [-0.39, 0.29) is 5.91 Å². The number of ether oxygens (including phenoxy) is 1. The number of methoxy groups -OCH3 is 1. The highest BCUT2D eigenvalue weighted by Crippen LogP contribution is 2.08. The summed E-state index contributed by atoms with van der Waals surface area (Å²) in [5.74, 6) is 1.88. The number of carbonyl (C=O) groups is 1. The van der Waals surface area contributed by atoms with Gasteiger partial charge in [0.1, 0.15) is 12.4 Å². The number of guanidine groups is 1. The number of carbonyl (C=O) groups excluding carboxylic acids is 1. The molecule has 0 saturated carbocycles. The standard InChI is InChI=1S/C23H35N7O2/c1-3-24-23(29-14-12-28(13-15-29)19-22(31)26-10-16-32-2)27-17-21-25-9-11-30(21)18-20-7-5-4-6-8-20/h4-9,11H,3,10,12-19H2,1-2H3,(H,24,27)(H,26,31). The first kappa shape index (κ1) is 23.7. The second-order valence-corrected chi connectivity index (χ2v) is 7.73. The molecule has 0 spiro atoms. The molecule has 2 N–H and O–H groups in total. The quantitative estimate of drug-likeness (QED) is 0.322. The van der Waals surface area contributed by atoms with E-state index in [0.29, 0.717) is 26.2 Å². The van der Waals surface area contributed by atoms with E-state index in [1.54, 1.807) is 7.11 Å². The maximum Gasteiger partial charge on any atom is 0.234 e. The van der Waals surface area contributed by atoms with E-state index in [1.165, 1.54) is 5.56 Å². The normalized spacial score (nSPS) is 15.1. The first-order valence-corrected chi connectivity index (χ1v) is 11.2. The van der Waals surface area contributed by atoms with Gasteiger partial charge in [-0.2, -0.15) is 0 Å². The molecule has 1 saturated heterocycles. The minimum Gasteiger partial charge on any atom is -0.383 e. The Hall–Kier alpha value is -2.91. The molecule has 1 aliphatic rings. The monoisotopic (exact) mass is 441 g/mol. The smallest absolute Gasteiger partial charge is 0.234 e. The molecule has 9 nitrogen and oxygen atoms in total. The molecule has 3 rings (SSSR count). The second kappa shape index (κ2) is 12.8. The minimum absolute atomic E-state index is 0.0429. The van der Waals surface area contributed by atoms with Gasteiger partial charge >= 0.3 is 0 Å². The molecule has 0 aliphatic carbocycles. The molecule has 1 fully saturated rings. The highest BCUT2D eigenvalue weighted by Gasteiger charge is 2.21. The summed E-state index contributed by atoms with van der Waals surface area (Å²) in [7, 11) is 1.63. The lowest BCUT2D eigenvalue weighted by Gasteiger charge is -2.36. The Balaban J connectivity index is 1.53. The number of nitrogens with zero attached hydrogens (tertiary/aromatic N) is 5. The maximum atomic E-state index is 12.0. The van der Waals surface area contributed by atoms with Crippen LogP contribution in [0.15, 0.2) is 47.7 Å². The number of rotatable bonds is 10. The second-order valence-electron chi connectivity index (χ2n) is 7.73. The lowest BCUT2D eigenvalue weighted by atomic mass is 10.2. The summed E-state index contributed by atoms with van der Waals surface area (Å²) in [5, 5.41) is 6.28. The lowest BCUT2D eigenvalue weighted by Crippen LogP contribution is -2.54. The number of imidazole rings is 1. The molecule has 0 atom stereocenters. The fraction of sp³-hybridized carbons (Fsp3) is 0.522. The molecule has 0 bridgehead atoms. The molecular formula is C23H35N7O2. The average Bonchev–Trinajstić information content (AvgIpc) is 3.25. The Morgan fingerprint density at radius 2 is 1.94 bits per heavy atom. The van der Waals surface area contributed by atoms with Crippen LogP contribution in [0, 0.1) is 0 Å². The van der Waals surface area contributed by atoms with Gasteiger partial charge in [0.2, 0.25) is 5.91 Å². The zero-order valence-corrected chi connectivity index (χ0v) is 19.2. The third-order valence-corrected chi connectivity index (χ3v) is 5.37. The predicted octanol–water partition coefficient (Wildman–Crippen LogP) is 0.777. The molecule has 1 aliphatic heterocycles. The van der Waals surface area contributed by atoms with E-state index in [1.807, 2.05) is 18.5 Å². The van der Waals surface area contributed by atoms with Crippen LogP contribution in [0.4, 0.5) is 0 Å². The van der Waals surface area contributed by atoms with Crippen LogP contribution in [0.2, 0.25) is 0 Å². The van der Waals surface area contributed by atoms with E-state index in [4.69, 9.17) is 9.73 Å². The number of piperazine rings is 1. The largest absolute Gasteiger partial charge is 0.383 e. The van der Waals surface area contributed by atoms with E-state index in [9.17, 15) is 4.79 Å². The molecule has 0 radical (unpaired) electrons. The number of nitrogens with one attached hydrogen (secondary N) is 2. The maximum absolute atomic E-state index is 12.0. The van der Waals surface area contributed by atoms with Gasteiger partial charge in [-0.1, -0.05) is 30.3 Å². The third-order valence-electron chi connectivity index (χ3n) is 5.37. The first-order chi connectivity index (χ1) is 15.7. The fourth-order valence-corrected chi connectivity index (χ4v) is 3.66. The van der Waals surface area contributed by atoms with Crippen LogP contribution in [-0.2, 0) is 22.6 Å². The molecule has 2 aromatic rings. The Morgan fingerprint density at radius 3 is 2.66 bits per heavy atom. The van der Waals surface area contributed by atoms with Gasteiger partial charge in [0.25, 0.3) is 0 Å². The summed E-state index contributed by atoms with van der Waals surface area (Å²) in [5.41, 5.74) is 1.24. The molecule has 2 heterocycles. The van der Waals surface area contributed by atoms with Gasteiger partial charge in [-0.25, -0.2) is 9.98 Å². The Labute approximate surface area is 190 Å². The average molecular weight is 442 g/mol. The van der Waals surface area contributed by atoms with Crippen LogP contribution in [-0.4, -0.2) is 90.7 Å². The van der Waals surface area contributed by atoms with Crippen molar-refractivity contribution in [2.45, 2.75) is 20.0 Å². The van der Waals surface area contributed by atoms with Crippen LogP contribution in [0.3, 0.4) is 0 Å². The van der Waals surface area contributed by atoms with Crippen LogP contribution >= 0.6 is 0 Å². The Kier molecular flexibility index (Phi) is 9.52. The van der Waals surface area contributed by atoms with Crippen molar-refractivity contribution in [3.8, 4) is 0 Å². The molecule has 1 aromatic carbocycles. The number of benzene rings is 1. The molecule has 1 amide bonds. The number of aromatic nitrogens is 2. The highest BCUT2D eigenvalue weighted by molar-refractivity contribution is 5.80. The van der Waals surface area contributed by atoms with Crippen molar-refractivity contribution in [3.63, 3.8) is 0 Å². The van der Waals surface area contributed by atoms with Crippen molar-refractivity contribution in [2.24, 2.45) is 4.99 Å². The number of amides is 1. The molecule has 1 aromatic heterocycles. The van der Waals surface area contributed by atoms with E-state index < -0.39 is 0 Å². The predicted molar refractivity (Wildman–Crippen MR) is 125 cm³/mol. The molecule has 174 valence electrons. The summed E-state index contributed by atoms with van der Waals surface area (Å²) in [6, 6.07) is 10.4. The summed E-state index contributed by atoms with van der Waals surface area (Å²) in [6.45, 7) is 8.99. The van der Waals surface area contributed by atoms with Gasteiger partial charge in [-0.15, -0.1) is 0 Å². The van der Waals surface area contributed by atoms with Gasteiger partial charge in [0.05, 0.1) is 13.2 Å². The highest BCUT2D eigenvalue weighted by atomic mass is 16.5. The molecular weight excluding hydrogens is 406 g/mol. The van der Waals surface area contributed by atoms with Gasteiger partial charge in [0, 0.05) is 65.3 Å². The number of hydrogen-bond acceptors (Lipinski definition) is 5. The van der Waals surface area contributed by atoms with E-state index in [0.717, 1.165) is 51.1 Å². The van der Waals surface area contributed by atoms with Crippen molar-refractivity contribution < 1.29 is 9.53 Å². The van der Waals surface area contributed by atoms with Gasteiger partial charge in [-0.3, -0.25) is 9.69 Å². The van der Waals surface area contributed by atoms with Crippen molar-refractivity contribution in [1.82, 2.24) is 30.0 Å². The number of aliphatic imine (C=N–C) groups is 1. The molecule has 32 heavy (non-hydrogen) atoms. The van der Waals surface area contributed by atoms with E-state index >= 15 is 0 Å². The summed E-state index contributed by atoms with van der Waals surface area (Å²) in [4.78, 5) is 25.8. The zero-order chi connectivity index (χ0) is 22.6. The SMILES string of the molecule is CCNC(=NCc1nccn1Cc1ccccc1)N1CCN(CC(=O)NCCOC)CC1. The van der Waals surface area contributed by atoms with E-state index in [2.05, 4.69) is 61.2 Å². The zero-order valence-electron chi connectivity index (χ0n) is 19.2. The first-order valence-electron chi connectivity index (χ1n) is 11.2. The van der Waals surface area contributed by atoms with Gasteiger partial charge in [-0.05, 0) is 12.5 Å². The van der Waals surface area contributed by atoms with Gasteiger partial charge in [0.15, 0.2) is 5.96 Å². The Bertz CT molecular complexity index is 845. The minimum atomic E-state index is 0.0429. The van der Waals surface area contributed by atoms with Crippen LogP contribution < -0.4 is 10.6 Å². The fourth-order valence-electron chi connectivity index (χ4n) is 3.66. The van der Waals surface area contributed by atoms with Crippen LogP contribution in [0.5, 0.6) is 0 Å². The van der Waals surface area contributed by atoms with Crippen molar-refractivity contribution >= 4 is 11.9 Å². The summed E-state index contributed by atoms with van der Waals surface area (Å²) in [6.07, 6.45) is 3.83. The van der Waals surface area contributed by atoms with Gasteiger partial charge < -0.3 is 24.8 Å². The Morgan fingerprint density at radius 1 is 1.16 bits per heavy atom. The third kappa shape index (κ3) is 7.35. The van der Waals surface area contributed by atoms with Crippen LogP contribution in [0.25, 0.3) is 0 Å². The van der Waals surface area contributed by atoms with Crippen molar-refractivity contribution in [3.05, 3.63) is 54.1 Å². The van der Waals surface area contributed by atoms with Crippen molar-refractivity contribution in [2.75, 3.05) is 59.5 Å².